The van der Waals surface area contributed by atoms with Crippen molar-refractivity contribution in [3.05, 3.63) is 53.9 Å². The van der Waals surface area contributed by atoms with E-state index < -0.39 is 0 Å². The van der Waals surface area contributed by atoms with Crippen LogP contribution in [0, 0.1) is 0 Å². The minimum absolute atomic E-state index is 0.0205. The van der Waals surface area contributed by atoms with E-state index in [-0.39, 0.29) is 17.4 Å². The van der Waals surface area contributed by atoms with Gasteiger partial charge in [0.15, 0.2) is 0 Å². The van der Waals surface area contributed by atoms with Crippen molar-refractivity contribution in [1.82, 2.24) is 15.3 Å². The molecule has 5 heteroatoms. The van der Waals surface area contributed by atoms with E-state index >= 15 is 0 Å². The maximum atomic E-state index is 12.5. The van der Waals surface area contributed by atoms with E-state index in [1.54, 1.807) is 0 Å². The van der Waals surface area contributed by atoms with E-state index in [1.807, 2.05) is 30.6 Å². The Labute approximate surface area is 148 Å². The summed E-state index contributed by atoms with van der Waals surface area (Å²) in [4.78, 5) is 23.7. The summed E-state index contributed by atoms with van der Waals surface area (Å²) in [5.74, 6) is 0.951. The number of aromatic nitrogens is 2. The number of nitrogens with zero attached hydrogens (tertiary/aromatic N) is 3. The molecular weight excluding hydrogens is 312 g/mol. The maximum Gasteiger partial charge on any atom is 0.228 e. The fraction of sp³-hybridized carbons (Fsp3) is 0.450. The number of hydrogen-bond acceptors (Lipinski definition) is 4. The van der Waals surface area contributed by atoms with Gasteiger partial charge in [0.2, 0.25) is 11.9 Å². The van der Waals surface area contributed by atoms with Crippen LogP contribution < -0.4 is 10.2 Å². The first-order valence-electron chi connectivity index (χ1n) is 9.12. The SMILES string of the molecule is CCc1cnc(N2CCC3(CC2)C[C@H](c2ccccc2)C(=O)N3)nc1. The van der Waals surface area contributed by atoms with Gasteiger partial charge in [-0.3, -0.25) is 4.79 Å². The zero-order chi connectivity index (χ0) is 17.3. The number of rotatable bonds is 3. The van der Waals surface area contributed by atoms with Gasteiger partial charge in [-0.05, 0) is 36.8 Å². The van der Waals surface area contributed by atoms with Crippen LogP contribution in [0.15, 0.2) is 42.7 Å². The maximum absolute atomic E-state index is 12.5. The van der Waals surface area contributed by atoms with Crippen molar-refractivity contribution < 1.29 is 4.79 Å². The number of carbonyl (C=O) groups excluding carboxylic acids is 1. The Kier molecular flexibility index (Phi) is 4.15. The first kappa shape index (κ1) is 16.1. The number of carbonyl (C=O) groups is 1. The van der Waals surface area contributed by atoms with Gasteiger partial charge in [0, 0.05) is 31.0 Å². The normalized spacial score (nSPS) is 22.2. The number of benzene rings is 1. The summed E-state index contributed by atoms with van der Waals surface area (Å²) in [6.07, 6.45) is 7.56. The van der Waals surface area contributed by atoms with Crippen molar-refractivity contribution in [2.24, 2.45) is 0 Å². The Morgan fingerprint density at radius 3 is 2.48 bits per heavy atom. The standard InChI is InChI=1S/C20H24N4O/c1-2-15-13-21-19(22-14-15)24-10-8-20(9-11-24)12-17(18(25)23-20)16-6-4-3-5-7-16/h3-7,13-14,17H,2,8-12H2,1H3,(H,23,25)/t17-/m1/s1. The Morgan fingerprint density at radius 2 is 1.84 bits per heavy atom. The number of hydrogen-bond donors (Lipinski definition) is 1. The number of piperidine rings is 1. The van der Waals surface area contributed by atoms with Crippen molar-refractivity contribution in [3.63, 3.8) is 0 Å². The highest BCUT2D eigenvalue weighted by Crippen LogP contribution is 2.39. The summed E-state index contributed by atoms with van der Waals surface area (Å²) >= 11 is 0. The Morgan fingerprint density at radius 1 is 1.16 bits per heavy atom. The van der Waals surface area contributed by atoms with E-state index in [9.17, 15) is 4.79 Å². The lowest BCUT2D eigenvalue weighted by atomic mass is 9.82. The molecule has 0 aliphatic carbocycles. The van der Waals surface area contributed by atoms with Crippen LogP contribution in [-0.4, -0.2) is 34.5 Å². The summed E-state index contributed by atoms with van der Waals surface area (Å²) in [5, 5.41) is 3.30. The van der Waals surface area contributed by atoms with E-state index in [2.05, 4.69) is 39.2 Å². The molecule has 1 amide bonds. The van der Waals surface area contributed by atoms with Gasteiger partial charge in [-0.1, -0.05) is 37.3 Å². The van der Waals surface area contributed by atoms with Crippen LogP contribution in [0.5, 0.6) is 0 Å². The van der Waals surface area contributed by atoms with E-state index in [1.165, 1.54) is 0 Å². The minimum Gasteiger partial charge on any atom is -0.350 e. The predicted molar refractivity (Wildman–Crippen MR) is 97.5 cm³/mol. The van der Waals surface area contributed by atoms with Crippen LogP contribution in [-0.2, 0) is 11.2 Å². The molecule has 2 aromatic rings. The number of nitrogens with one attached hydrogen (secondary N) is 1. The van der Waals surface area contributed by atoms with Crippen molar-refractivity contribution in [2.75, 3.05) is 18.0 Å². The highest BCUT2D eigenvalue weighted by atomic mass is 16.2. The third-order valence-electron chi connectivity index (χ3n) is 5.60. The molecule has 1 spiro atoms. The van der Waals surface area contributed by atoms with Gasteiger partial charge in [0.05, 0.1) is 5.92 Å². The molecule has 2 fully saturated rings. The summed E-state index contributed by atoms with van der Waals surface area (Å²) in [6.45, 7) is 3.87. The summed E-state index contributed by atoms with van der Waals surface area (Å²) in [6, 6.07) is 10.1. The summed E-state index contributed by atoms with van der Waals surface area (Å²) in [5.41, 5.74) is 2.21. The van der Waals surface area contributed by atoms with Gasteiger partial charge in [-0.15, -0.1) is 0 Å². The summed E-state index contributed by atoms with van der Waals surface area (Å²) < 4.78 is 0. The average Bonchev–Trinajstić information content (AvgIpc) is 2.99. The molecule has 1 atom stereocenters. The second-order valence-electron chi connectivity index (χ2n) is 7.17. The summed E-state index contributed by atoms with van der Waals surface area (Å²) in [7, 11) is 0. The molecule has 0 saturated carbocycles. The first-order chi connectivity index (χ1) is 12.2. The molecule has 1 aromatic carbocycles. The molecule has 0 bridgehead atoms. The lowest BCUT2D eigenvalue weighted by Crippen LogP contribution is -2.51. The molecule has 0 unspecified atom stereocenters. The molecule has 2 aliphatic heterocycles. The number of aryl methyl sites for hydroxylation is 1. The van der Waals surface area contributed by atoms with Gasteiger partial charge in [-0.2, -0.15) is 0 Å². The average molecular weight is 336 g/mol. The fourth-order valence-corrected chi connectivity index (χ4v) is 4.00. The molecular formula is C20H24N4O. The van der Waals surface area contributed by atoms with E-state index in [0.717, 1.165) is 55.8 Å². The minimum atomic E-state index is -0.0720. The van der Waals surface area contributed by atoms with Gasteiger partial charge in [0.25, 0.3) is 0 Å². The van der Waals surface area contributed by atoms with Crippen LogP contribution in [0.4, 0.5) is 5.95 Å². The molecule has 0 radical (unpaired) electrons. The van der Waals surface area contributed by atoms with Crippen LogP contribution in [0.25, 0.3) is 0 Å². The van der Waals surface area contributed by atoms with Crippen LogP contribution in [0.1, 0.15) is 43.2 Å². The van der Waals surface area contributed by atoms with Crippen molar-refractivity contribution in [1.29, 1.82) is 0 Å². The van der Waals surface area contributed by atoms with Crippen molar-refractivity contribution in [2.45, 2.75) is 44.1 Å². The lowest BCUT2D eigenvalue weighted by molar-refractivity contribution is -0.121. The van der Waals surface area contributed by atoms with Crippen LogP contribution >= 0.6 is 0 Å². The topological polar surface area (TPSA) is 58.1 Å². The molecule has 1 aromatic heterocycles. The zero-order valence-electron chi connectivity index (χ0n) is 14.6. The molecule has 25 heavy (non-hydrogen) atoms. The molecule has 2 aliphatic rings. The Hall–Kier alpha value is -2.43. The molecule has 3 heterocycles. The molecule has 130 valence electrons. The Balaban J connectivity index is 1.43. The zero-order valence-corrected chi connectivity index (χ0v) is 14.6. The number of anilines is 1. The largest absolute Gasteiger partial charge is 0.350 e. The second kappa shape index (κ2) is 6.47. The molecule has 4 rings (SSSR count). The lowest BCUT2D eigenvalue weighted by Gasteiger charge is -2.39. The van der Waals surface area contributed by atoms with Gasteiger partial charge in [0.1, 0.15) is 0 Å². The molecule has 5 nitrogen and oxygen atoms in total. The Bertz CT molecular complexity index is 736. The highest BCUT2D eigenvalue weighted by molar-refractivity contribution is 5.87. The van der Waals surface area contributed by atoms with E-state index in [4.69, 9.17) is 0 Å². The third-order valence-corrected chi connectivity index (χ3v) is 5.60. The van der Waals surface area contributed by atoms with Crippen LogP contribution in [0.3, 0.4) is 0 Å². The third kappa shape index (κ3) is 3.11. The predicted octanol–water partition coefficient (Wildman–Crippen LogP) is 2.68. The van der Waals surface area contributed by atoms with Crippen molar-refractivity contribution in [3.8, 4) is 0 Å². The smallest absolute Gasteiger partial charge is 0.228 e. The monoisotopic (exact) mass is 336 g/mol. The van der Waals surface area contributed by atoms with Gasteiger partial charge < -0.3 is 10.2 Å². The van der Waals surface area contributed by atoms with Gasteiger partial charge in [-0.25, -0.2) is 9.97 Å². The number of amides is 1. The van der Waals surface area contributed by atoms with E-state index in [0.29, 0.717) is 0 Å². The highest BCUT2D eigenvalue weighted by Gasteiger charge is 2.46. The quantitative estimate of drug-likeness (QED) is 0.936. The molecule has 1 N–H and O–H groups in total. The van der Waals surface area contributed by atoms with Crippen molar-refractivity contribution >= 4 is 11.9 Å². The second-order valence-corrected chi connectivity index (χ2v) is 7.17. The first-order valence-corrected chi connectivity index (χ1v) is 9.12. The van der Waals surface area contributed by atoms with Gasteiger partial charge >= 0.3 is 0 Å². The fourth-order valence-electron chi connectivity index (χ4n) is 4.00. The molecule has 2 saturated heterocycles. The van der Waals surface area contributed by atoms with Crippen LogP contribution in [0.2, 0.25) is 0 Å².